The molecule has 0 unspecified atom stereocenters. The quantitative estimate of drug-likeness (QED) is 0.703. The molecular formula is C19H20F2N8O. The third kappa shape index (κ3) is 3.53. The molecular weight excluding hydrogens is 394 g/mol. The Morgan fingerprint density at radius 2 is 1.90 bits per heavy atom. The average Bonchev–Trinajstić information content (AvgIpc) is 3.31. The van der Waals surface area contributed by atoms with Gasteiger partial charge in [-0.05, 0) is 47.5 Å². The lowest BCUT2D eigenvalue weighted by molar-refractivity contribution is 0.102. The van der Waals surface area contributed by atoms with Gasteiger partial charge in [-0.3, -0.25) is 9.48 Å². The van der Waals surface area contributed by atoms with Crippen LogP contribution in [-0.4, -0.2) is 49.0 Å². The van der Waals surface area contributed by atoms with E-state index in [4.69, 9.17) is 0 Å². The van der Waals surface area contributed by atoms with Crippen LogP contribution in [0.5, 0.6) is 0 Å². The molecule has 4 rings (SSSR count). The minimum atomic E-state index is -0.849. The number of aromatic nitrogens is 6. The molecule has 11 heteroatoms. The maximum atomic E-state index is 13.9. The molecule has 0 bridgehead atoms. The maximum absolute atomic E-state index is 13.9. The number of hydrogen-bond acceptors (Lipinski definition) is 6. The zero-order chi connectivity index (χ0) is 21.4. The number of tetrazole rings is 1. The van der Waals surface area contributed by atoms with Crippen LogP contribution in [0.1, 0.15) is 29.5 Å². The largest absolute Gasteiger partial charge is 0.335 e. The van der Waals surface area contributed by atoms with Crippen molar-refractivity contribution in [2.24, 2.45) is 14.1 Å². The van der Waals surface area contributed by atoms with E-state index in [0.29, 0.717) is 12.5 Å². The van der Waals surface area contributed by atoms with Crippen molar-refractivity contribution in [3.8, 4) is 0 Å². The smallest absolute Gasteiger partial charge is 0.276 e. The van der Waals surface area contributed by atoms with Crippen molar-refractivity contribution in [3.05, 3.63) is 52.9 Å². The number of para-hydroxylation sites is 1. The summed E-state index contributed by atoms with van der Waals surface area (Å²) in [6, 6.07) is 5.00. The lowest BCUT2D eigenvalue weighted by Crippen LogP contribution is -2.33. The fraction of sp³-hybridized carbons (Fsp3) is 0.316. The minimum absolute atomic E-state index is 0.0629. The van der Waals surface area contributed by atoms with Gasteiger partial charge in [-0.2, -0.15) is 5.10 Å². The Hall–Kier alpha value is -3.63. The van der Waals surface area contributed by atoms with Gasteiger partial charge < -0.3 is 10.2 Å². The lowest BCUT2D eigenvalue weighted by atomic mass is 9.98. The predicted octanol–water partition coefficient (Wildman–Crippen LogP) is 2.16. The van der Waals surface area contributed by atoms with Gasteiger partial charge in [-0.1, -0.05) is 16.7 Å². The van der Waals surface area contributed by atoms with Gasteiger partial charge in [0.15, 0.2) is 5.69 Å². The molecule has 0 fully saturated rings. The van der Waals surface area contributed by atoms with Crippen molar-refractivity contribution in [3.63, 3.8) is 0 Å². The van der Waals surface area contributed by atoms with Crippen LogP contribution in [0.25, 0.3) is 5.57 Å². The number of halogens is 2. The molecule has 9 nitrogen and oxygen atoms in total. The molecule has 0 spiro atoms. The van der Waals surface area contributed by atoms with Crippen molar-refractivity contribution >= 4 is 23.1 Å². The first-order chi connectivity index (χ1) is 14.3. The van der Waals surface area contributed by atoms with E-state index in [0.717, 1.165) is 41.9 Å². The second kappa shape index (κ2) is 7.65. The standard InChI is InChI=1S/C19H20F2N8O/c1-11-7-8-29(19-23-25-26-28(19)3)10-12(11)16-9-15(24-27(16)2)18(30)22-17-13(20)5-4-6-14(17)21/h4-6,9H,7-8,10H2,1-3H3,(H,22,30). The second-order valence-electron chi connectivity index (χ2n) is 7.12. The topological polar surface area (TPSA) is 93.8 Å². The second-order valence-corrected chi connectivity index (χ2v) is 7.12. The van der Waals surface area contributed by atoms with E-state index in [1.165, 1.54) is 6.07 Å². The Morgan fingerprint density at radius 3 is 2.57 bits per heavy atom. The van der Waals surface area contributed by atoms with Crippen LogP contribution in [0.2, 0.25) is 0 Å². The number of carbonyl (C=O) groups is 1. The molecule has 2 aromatic heterocycles. The number of nitrogens with zero attached hydrogens (tertiary/aromatic N) is 7. The monoisotopic (exact) mass is 414 g/mol. The third-order valence-corrected chi connectivity index (χ3v) is 5.12. The van der Waals surface area contributed by atoms with Gasteiger partial charge in [-0.15, -0.1) is 0 Å². The highest BCUT2D eigenvalue weighted by molar-refractivity contribution is 6.03. The predicted molar refractivity (Wildman–Crippen MR) is 106 cm³/mol. The number of carbonyl (C=O) groups excluding carboxylic acids is 1. The zero-order valence-corrected chi connectivity index (χ0v) is 16.7. The van der Waals surface area contributed by atoms with Gasteiger partial charge in [0, 0.05) is 27.2 Å². The van der Waals surface area contributed by atoms with Crippen molar-refractivity contribution in [2.75, 3.05) is 23.3 Å². The molecule has 30 heavy (non-hydrogen) atoms. The summed E-state index contributed by atoms with van der Waals surface area (Å²) in [5.74, 6) is -1.74. The molecule has 0 atom stereocenters. The molecule has 1 N–H and O–H groups in total. The van der Waals surface area contributed by atoms with Gasteiger partial charge in [0.05, 0.1) is 5.69 Å². The molecule has 0 radical (unpaired) electrons. The van der Waals surface area contributed by atoms with E-state index < -0.39 is 23.2 Å². The number of hydrogen-bond donors (Lipinski definition) is 1. The normalized spacial score (nSPS) is 14.4. The summed E-state index contributed by atoms with van der Waals surface area (Å²) < 4.78 is 30.9. The fourth-order valence-electron chi connectivity index (χ4n) is 3.48. The number of rotatable bonds is 4. The summed E-state index contributed by atoms with van der Waals surface area (Å²) in [5, 5.41) is 18.1. The minimum Gasteiger partial charge on any atom is -0.335 e. The molecule has 0 saturated heterocycles. The molecule has 1 aromatic carbocycles. The van der Waals surface area contributed by atoms with E-state index in [1.807, 2.05) is 11.8 Å². The number of anilines is 2. The Bertz CT molecular complexity index is 1130. The summed E-state index contributed by atoms with van der Waals surface area (Å²) >= 11 is 0. The molecule has 0 saturated carbocycles. The molecule has 0 aliphatic carbocycles. The van der Waals surface area contributed by atoms with Crippen molar-refractivity contribution < 1.29 is 13.6 Å². The molecule has 3 aromatic rings. The molecule has 3 heterocycles. The summed E-state index contributed by atoms with van der Waals surface area (Å²) in [6.45, 7) is 3.34. The molecule has 1 amide bonds. The Balaban J connectivity index is 1.60. The van der Waals surface area contributed by atoms with Crippen molar-refractivity contribution in [2.45, 2.75) is 13.3 Å². The number of aryl methyl sites for hydroxylation is 2. The molecule has 156 valence electrons. The maximum Gasteiger partial charge on any atom is 0.276 e. The number of benzene rings is 1. The highest BCUT2D eigenvalue weighted by Gasteiger charge is 2.25. The Morgan fingerprint density at radius 1 is 1.17 bits per heavy atom. The van der Waals surface area contributed by atoms with Crippen molar-refractivity contribution in [1.29, 1.82) is 0 Å². The first kappa shape index (κ1) is 19.7. The SMILES string of the molecule is CC1=C(c2cc(C(=O)Nc3c(F)cccc3F)nn2C)CN(c2nnnn2C)CC1. The van der Waals surface area contributed by atoms with E-state index in [-0.39, 0.29) is 5.69 Å². The highest BCUT2D eigenvalue weighted by atomic mass is 19.1. The van der Waals surface area contributed by atoms with Crippen LogP contribution in [0, 0.1) is 11.6 Å². The van der Waals surface area contributed by atoms with Crippen LogP contribution in [0.4, 0.5) is 20.4 Å². The summed E-state index contributed by atoms with van der Waals surface area (Å²) in [4.78, 5) is 14.6. The van der Waals surface area contributed by atoms with Crippen LogP contribution < -0.4 is 10.2 Å². The van der Waals surface area contributed by atoms with Gasteiger partial charge in [0.25, 0.3) is 5.91 Å². The Labute approximate surface area is 171 Å². The summed E-state index contributed by atoms with van der Waals surface area (Å²) in [7, 11) is 3.49. The van der Waals surface area contributed by atoms with E-state index in [2.05, 4.69) is 25.9 Å². The third-order valence-electron chi connectivity index (χ3n) is 5.12. The summed E-state index contributed by atoms with van der Waals surface area (Å²) in [5.41, 5.74) is 2.47. The number of amides is 1. The van der Waals surface area contributed by atoms with Crippen LogP contribution >= 0.6 is 0 Å². The van der Waals surface area contributed by atoms with Gasteiger partial charge in [-0.25, -0.2) is 13.5 Å². The van der Waals surface area contributed by atoms with Crippen LogP contribution in [0.3, 0.4) is 0 Å². The van der Waals surface area contributed by atoms with Gasteiger partial charge >= 0.3 is 0 Å². The number of nitrogens with one attached hydrogen (secondary N) is 1. The molecule has 1 aliphatic heterocycles. The first-order valence-corrected chi connectivity index (χ1v) is 9.31. The highest BCUT2D eigenvalue weighted by Crippen LogP contribution is 2.29. The Kier molecular flexibility index (Phi) is 5.02. The average molecular weight is 414 g/mol. The van der Waals surface area contributed by atoms with Gasteiger partial charge in [0.2, 0.25) is 5.95 Å². The van der Waals surface area contributed by atoms with E-state index >= 15 is 0 Å². The molecule has 1 aliphatic rings. The summed E-state index contributed by atoms with van der Waals surface area (Å²) in [6.07, 6.45) is 0.801. The first-order valence-electron chi connectivity index (χ1n) is 9.31. The van der Waals surface area contributed by atoms with Crippen molar-refractivity contribution in [1.82, 2.24) is 30.0 Å². The van der Waals surface area contributed by atoms with E-state index in [1.54, 1.807) is 29.5 Å². The lowest BCUT2D eigenvalue weighted by Gasteiger charge is -2.29. The fourth-order valence-corrected chi connectivity index (χ4v) is 3.48. The van der Waals surface area contributed by atoms with Crippen LogP contribution in [-0.2, 0) is 14.1 Å². The van der Waals surface area contributed by atoms with Crippen LogP contribution in [0.15, 0.2) is 29.8 Å². The van der Waals surface area contributed by atoms with Gasteiger partial charge in [0.1, 0.15) is 17.3 Å². The zero-order valence-electron chi connectivity index (χ0n) is 16.7. The van der Waals surface area contributed by atoms with E-state index in [9.17, 15) is 13.6 Å².